The van der Waals surface area contributed by atoms with Crippen molar-refractivity contribution >= 4 is 32.5 Å². The molecule has 0 bridgehead atoms. The summed E-state index contributed by atoms with van der Waals surface area (Å²) in [6.07, 6.45) is 0. The summed E-state index contributed by atoms with van der Waals surface area (Å²) in [6, 6.07) is 5.54. The second-order valence-electron chi connectivity index (χ2n) is 4.47. The van der Waals surface area contributed by atoms with Gasteiger partial charge in [0.1, 0.15) is 4.90 Å². The molecule has 5 nitrogen and oxygen atoms in total. The molecule has 0 aliphatic rings. The third-order valence-corrected chi connectivity index (χ3v) is 4.58. The van der Waals surface area contributed by atoms with E-state index >= 15 is 0 Å². The van der Waals surface area contributed by atoms with Crippen LogP contribution in [0.2, 0.25) is 5.02 Å². The molecular weight excluding hydrogens is 288 g/mol. The number of pyridine rings is 1. The Bertz CT molecular complexity index is 781. The van der Waals surface area contributed by atoms with Gasteiger partial charge in [0.15, 0.2) is 0 Å². The van der Waals surface area contributed by atoms with E-state index in [0.717, 1.165) is 0 Å². The molecule has 2 aromatic rings. The predicted octanol–water partition coefficient (Wildman–Crippen LogP) is 1.87. The third-order valence-electron chi connectivity index (χ3n) is 2.46. The van der Waals surface area contributed by atoms with Crippen LogP contribution < -0.4 is 10.3 Å². The van der Waals surface area contributed by atoms with Gasteiger partial charge in [0, 0.05) is 17.6 Å². The number of hydrogen-bond acceptors (Lipinski definition) is 3. The van der Waals surface area contributed by atoms with Crippen LogP contribution in [0, 0.1) is 0 Å². The Labute approximate surface area is 115 Å². The first-order valence-corrected chi connectivity index (χ1v) is 7.50. The molecule has 102 valence electrons. The van der Waals surface area contributed by atoms with Gasteiger partial charge >= 0.3 is 0 Å². The van der Waals surface area contributed by atoms with Crippen LogP contribution in [0.15, 0.2) is 34.0 Å². The number of H-pyrrole nitrogens is 1. The van der Waals surface area contributed by atoms with Gasteiger partial charge in [-0.05, 0) is 37.4 Å². The van der Waals surface area contributed by atoms with E-state index in [2.05, 4.69) is 9.71 Å². The lowest BCUT2D eigenvalue weighted by atomic mass is 10.2. The number of halogens is 1. The zero-order valence-electron chi connectivity index (χ0n) is 10.4. The Morgan fingerprint density at radius 1 is 1.26 bits per heavy atom. The lowest BCUT2D eigenvalue weighted by Crippen LogP contribution is -2.30. The van der Waals surface area contributed by atoms with Crippen molar-refractivity contribution in [1.29, 1.82) is 0 Å². The fourth-order valence-electron chi connectivity index (χ4n) is 1.73. The summed E-state index contributed by atoms with van der Waals surface area (Å²) >= 11 is 5.98. The number of benzene rings is 1. The fourth-order valence-corrected chi connectivity index (χ4v) is 3.55. The molecule has 7 heteroatoms. The summed E-state index contributed by atoms with van der Waals surface area (Å²) in [7, 11) is -3.67. The monoisotopic (exact) mass is 300 g/mol. The molecule has 0 unspecified atom stereocenters. The SMILES string of the molecule is CC(C)NS(=O)(=O)c1cc2ccc(=O)[nH]c2cc1Cl. The summed E-state index contributed by atoms with van der Waals surface area (Å²) in [6.45, 7) is 3.45. The number of fused-ring (bicyclic) bond motifs is 1. The smallest absolute Gasteiger partial charge is 0.248 e. The van der Waals surface area contributed by atoms with Gasteiger partial charge in [-0.25, -0.2) is 13.1 Å². The first kappa shape index (κ1) is 14.0. The Morgan fingerprint density at radius 2 is 1.95 bits per heavy atom. The second-order valence-corrected chi connectivity index (χ2v) is 6.56. The Hall–Kier alpha value is -1.37. The molecule has 0 saturated carbocycles. The first-order chi connectivity index (χ1) is 8.79. The topological polar surface area (TPSA) is 79.0 Å². The average Bonchev–Trinajstić information content (AvgIpc) is 2.25. The average molecular weight is 301 g/mol. The number of rotatable bonds is 3. The minimum absolute atomic E-state index is 0.00224. The van der Waals surface area contributed by atoms with E-state index in [1.807, 2.05) is 0 Å². The van der Waals surface area contributed by atoms with Crippen molar-refractivity contribution in [2.45, 2.75) is 24.8 Å². The van der Waals surface area contributed by atoms with Crippen LogP contribution in [0.5, 0.6) is 0 Å². The van der Waals surface area contributed by atoms with Crippen LogP contribution in [0.25, 0.3) is 10.9 Å². The van der Waals surface area contributed by atoms with Gasteiger partial charge < -0.3 is 4.98 Å². The van der Waals surface area contributed by atoms with E-state index in [0.29, 0.717) is 10.9 Å². The molecular formula is C12H13ClN2O3S. The van der Waals surface area contributed by atoms with Gasteiger partial charge in [-0.1, -0.05) is 11.6 Å². The largest absolute Gasteiger partial charge is 0.322 e. The van der Waals surface area contributed by atoms with Crippen LogP contribution in [0.1, 0.15) is 13.8 Å². The minimum Gasteiger partial charge on any atom is -0.322 e. The lowest BCUT2D eigenvalue weighted by molar-refractivity contribution is 0.570. The maximum absolute atomic E-state index is 12.1. The molecule has 0 fully saturated rings. The van der Waals surface area contributed by atoms with E-state index in [-0.39, 0.29) is 21.5 Å². The molecule has 1 heterocycles. The second kappa shape index (κ2) is 4.96. The van der Waals surface area contributed by atoms with Crippen LogP contribution >= 0.6 is 11.6 Å². The highest BCUT2D eigenvalue weighted by Gasteiger charge is 2.19. The Balaban J connectivity index is 2.65. The molecule has 0 aliphatic carbocycles. The molecule has 0 amide bonds. The maximum atomic E-state index is 12.1. The molecule has 0 aliphatic heterocycles. The zero-order chi connectivity index (χ0) is 14.2. The summed E-state index contributed by atoms with van der Waals surface area (Å²) < 4.78 is 26.7. The molecule has 2 N–H and O–H groups in total. The van der Waals surface area contributed by atoms with Crippen molar-refractivity contribution in [3.8, 4) is 0 Å². The maximum Gasteiger partial charge on any atom is 0.248 e. The summed E-state index contributed by atoms with van der Waals surface area (Å²) in [5.74, 6) is 0. The predicted molar refractivity (Wildman–Crippen MR) is 75.0 cm³/mol. The van der Waals surface area contributed by atoms with Crippen LogP contribution in [0.3, 0.4) is 0 Å². The Morgan fingerprint density at radius 3 is 2.58 bits per heavy atom. The number of hydrogen-bond donors (Lipinski definition) is 2. The van der Waals surface area contributed by atoms with Crippen molar-refractivity contribution in [3.63, 3.8) is 0 Å². The molecule has 2 rings (SSSR count). The number of sulfonamides is 1. The first-order valence-electron chi connectivity index (χ1n) is 5.64. The highest BCUT2D eigenvalue weighted by atomic mass is 35.5. The summed E-state index contributed by atoms with van der Waals surface area (Å²) in [4.78, 5) is 13.8. The summed E-state index contributed by atoms with van der Waals surface area (Å²) in [5.41, 5.74) is 0.237. The highest BCUT2D eigenvalue weighted by Crippen LogP contribution is 2.26. The molecule has 1 aromatic carbocycles. The van der Waals surface area contributed by atoms with E-state index < -0.39 is 10.0 Å². The van der Waals surface area contributed by atoms with E-state index in [1.54, 1.807) is 19.9 Å². The zero-order valence-corrected chi connectivity index (χ0v) is 12.0. The van der Waals surface area contributed by atoms with Crippen molar-refractivity contribution < 1.29 is 8.42 Å². The highest BCUT2D eigenvalue weighted by molar-refractivity contribution is 7.89. The van der Waals surface area contributed by atoms with E-state index in [1.165, 1.54) is 18.2 Å². The van der Waals surface area contributed by atoms with Crippen LogP contribution in [-0.4, -0.2) is 19.4 Å². The van der Waals surface area contributed by atoms with Gasteiger partial charge in [0.25, 0.3) is 0 Å². The van der Waals surface area contributed by atoms with Gasteiger partial charge in [-0.15, -0.1) is 0 Å². The number of aromatic amines is 1. The molecule has 0 spiro atoms. The standard InChI is InChI=1S/C12H13ClN2O3S/c1-7(2)15-19(17,18)11-5-8-3-4-12(16)14-10(8)6-9(11)13/h3-7,15H,1-2H3,(H,14,16). The fraction of sp³-hybridized carbons (Fsp3) is 0.250. The van der Waals surface area contributed by atoms with Gasteiger partial charge in [0.05, 0.1) is 5.02 Å². The van der Waals surface area contributed by atoms with Crippen molar-refractivity contribution in [2.24, 2.45) is 0 Å². The van der Waals surface area contributed by atoms with Gasteiger partial charge in [-0.3, -0.25) is 4.79 Å². The molecule has 0 atom stereocenters. The van der Waals surface area contributed by atoms with E-state index in [4.69, 9.17) is 11.6 Å². The van der Waals surface area contributed by atoms with Crippen LogP contribution in [0.4, 0.5) is 0 Å². The normalized spacial score (nSPS) is 12.2. The van der Waals surface area contributed by atoms with Crippen molar-refractivity contribution in [3.05, 3.63) is 39.6 Å². The molecule has 0 radical (unpaired) electrons. The van der Waals surface area contributed by atoms with Crippen molar-refractivity contribution in [1.82, 2.24) is 9.71 Å². The number of aromatic nitrogens is 1. The van der Waals surface area contributed by atoms with E-state index in [9.17, 15) is 13.2 Å². The molecule has 1 aromatic heterocycles. The van der Waals surface area contributed by atoms with Crippen LogP contribution in [-0.2, 0) is 10.0 Å². The summed E-state index contributed by atoms with van der Waals surface area (Å²) in [5, 5.41) is 0.677. The molecule has 0 saturated heterocycles. The lowest BCUT2D eigenvalue weighted by Gasteiger charge is -2.11. The number of nitrogens with one attached hydrogen (secondary N) is 2. The minimum atomic E-state index is -3.67. The van der Waals surface area contributed by atoms with Crippen molar-refractivity contribution in [2.75, 3.05) is 0 Å². The van der Waals surface area contributed by atoms with Gasteiger partial charge in [0.2, 0.25) is 15.6 Å². The Kier molecular flexibility index (Phi) is 3.66. The molecule has 19 heavy (non-hydrogen) atoms. The quantitative estimate of drug-likeness (QED) is 0.908. The third kappa shape index (κ3) is 2.97. The van der Waals surface area contributed by atoms with Gasteiger partial charge in [-0.2, -0.15) is 0 Å².